The quantitative estimate of drug-likeness (QED) is 0.486. The van der Waals surface area contributed by atoms with E-state index >= 15 is 0 Å². The summed E-state index contributed by atoms with van der Waals surface area (Å²) in [6, 6.07) is 4.02. The van der Waals surface area contributed by atoms with Crippen molar-refractivity contribution < 1.29 is 19.8 Å². The van der Waals surface area contributed by atoms with Gasteiger partial charge in [0.1, 0.15) is 17.6 Å². The van der Waals surface area contributed by atoms with Crippen LogP contribution >= 0.6 is 0 Å². The van der Waals surface area contributed by atoms with E-state index in [0.29, 0.717) is 12.0 Å². The molecule has 74 valence electrons. The number of hydrogen-bond acceptors (Lipinski definition) is 4. The Morgan fingerprint density at radius 3 is 2.79 bits per heavy atom. The number of aldehydes is 1. The van der Waals surface area contributed by atoms with E-state index in [2.05, 4.69) is 5.32 Å². The van der Waals surface area contributed by atoms with Crippen molar-refractivity contribution >= 4 is 17.9 Å². The molecule has 0 fully saturated rings. The lowest BCUT2D eigenvalue weighted by Crippen LogP contribution is -2.04. The second kappa shape index (κ2) is 4.27. The number of nitrogens with one attached hydrogen (secondary N) is 1. The molecule has 0 saturated heterocycles. The molecule has 0 unspecified atom stereocenters. The van der Waals surface area contributed by atoms with Gasteiger partial charge in [0.2, 0.25) is 0 Å². The van der Waals surface area contributed by atoms with E-state index in [0.717, 1.165) is 0 Å². The van der Waals surface area contributed by atoms with Gasteiger partial charge >= 0.3 is 5.97 Å². The standard InChI is InChI=1S/C9H9NO4/c11-4-3-10-6-1-2-8(12)7(5-6)9(13)14/h1-2,4-5,10,12H,3H2,(H,13,14). The van der Waals surface area contributed by atoms with Gasteiger partial charge in [-0.05, 0) is 18.2 Å². The van der Waals surface area contributed by atoms with Gasteiger partial charge in [0, 0.05) is 5.69 Å². The van der Waals surface area contributed by atoms with Gasteiger partial charge in [0.25, 0.3) is 0 Å². The first kappa shape index (κ1) is 10.0. The van der Waals surface area contributed by atoms with Crippen molar-refractivity contribution in [3.05, 3.63) is 23.8 Å². The number of anilines is 1. The minimum atomic E-state index is -1.21. The molecule has 0 aliphatic rings. The van der Waals surface area contributed by atoms with Gasteiger partial charge in [0.15, 0.2) is 0 Å². The molecule has 0 aliphatic heterocycles. The number of carbonyl (C=O) groups is 2. The van der Waals surface area contributed by atoms with Crippen LogP contribution in [0, 0.1) is 0 Å². The number of aromatic carboxylic acids is 1. The summed E-state index contributed by atoms with van der Waals surface area (Å²) in [4.78, 5) is 20.6. The molecule has 0 spiro atoms. The van der Waals surface area contributed by atoms with Gasteiger partial charge in [-0.3, -0.25) is 0 Å². The Kier molecular flexibility index (Phi) is 3.06. The van der Waals surface area contributed by atoms with Gasteiger partial charge in [-0.2, -0.15) is 0 Å². The van der Waals surface area contributed by atoms with E-state index in [1.807, 2.05) is 0 Å². The summed E-state index contributed by atoms with van der Waals surface area (Å²) in [5.74, 6) is -1.51. The van der Waals surface area contributed by atoms with Gasteiger partial charge in [0.05, 0.1) is 6.54 Å². The molecule has 3 N–H and O–H groups in total. The van der Waals surface area contributed by atoms with Gasteiger partial charge in [-0.1, -0.05) is 0 Å². The van der Waals surface area contributed by atoms with Gasteiger partial charge in [-0.15, -0.1) is 0 Å². The molecule has 0 radical (unpaired) electrons. The second-order valence-corrected chi connectivity index (χ2v) is 2.58. The second-order valence-electron chi connectivity index (χ2n) is 2.58. The highest BCUT2D eigenvalue weighted by Crippen LogP contribution is 2.20. The molecule has 0 aromatic heterocycles. The van der Waals surface area contributed by atoms with Gasteiger partial charge < -0.3 is 20.3 Å². The van der Waals surface area contributed by atoms with E-state index in [9.17, 15) is 9.59 Å². The Morgan fingerprint density at radius 1 is 1.50 bits per heavy atom. The minimum absolute atomic E-state index is 0.101. The highest BCUT2D eigenvalue weighted by Gasteiger charge is 2.09. The monoisotopic (exact) mass is 195 g/mol. The number of carboxylic acids is 1. The van der Waals surface area contributed by atoms with Crippen LogP contribution in [0.15, 0.2) is 18.2 Å². The van der Waals surface area contributed by atoms with Crippen LogP contribution in [0.3, 0.4) is 0 Å². The maximum atomic E-state index is 10.6. The average Bonchev–Trinajstić information content (AvgIpc) is 2.16. The summed E-state index contributed by atoms with van der Waals surface area (Å²) in [6.07, 6.45) is 0.660. The maximum Gasteiger partial charge on any atom is 0.339 e. The number of aromatic hydroxyl groups is 1. The third-order valence-corrected chi connectivity index (χ3v) is 1.62. The fourth-order valence-electron chi connectivity index (χ4n) is 0.977. The SMILES string of the molecule is O=CCNc1ccc(O)c(C(=O)O)c1. The molecule has 1 rings (SSSR count). The van der Waals surface area contributed by atoms with Gasteiger partial charge in [-0.25, -0.2) is 4.79 Å². The molecule has 1 aromatic rings. The van der Waals surface area contributed by atoms with Crippen molar-refractivity contribution in [2.24, 2.45) is 0 Å². The van der Waals surface area contributed by atoms with Crippen molar-refractivity contribution in [3.8, 4) is 5.75 Å². The Morgan fingerprint density at radius 2 is 2.21 bits per heavy atom. The molecule has 0 bridgehead atoms. The molecule has 5 nitrogen and oxygen atoms in total. The van der Waals surface area contributed by atoms with Crippen LogP contribution in [0.25, 0.3) is 0 Å². The maximum absolute atomic E-state index is 10.6. The summed E-state index contributed by atoms with van der Waals surface area (Å²) < 4.78 is 0. The average molecular weight is 195 g/mol. The molecule has 0 saturated carbocycles. The van der Waals surface area contributed by atoms with Crippen LogP contribution in [0.1, 0.15) is 10.4 Å². The molecule has 1 aromatic carbocycles. The highest BCUT2D eigenvalue weighted by atomic mass is 16.4. The normalized spacial score (nSPS) is 9.43. The van der Waals surface area contributed by atoms with E-state index in [4.69, 9.17) is 10.2 Å². The first-order valence-corrected chi connectivity index (χ1v) is 3.89. The molecule has 14 heavy (non-hydrogen) atoms. The van der Waals surface area contributed by atoms with Crippen LogP contribution in [0.5, 0.6) is 5.75 Å². The predicted molar refractivity (Wildman–Crippen MR) is 49.6 cm³/mol. The Bertz CT molecular complexity index is 362. The first-order valence-electron chi connectivity index (χ1n) is 3.89. The zero-order valence-corrected chi connectivity index (χ0v) is 7.23. The van der Waals surface area contributed by atoms with E-state index in [-0.39, 0.29) is 17.9 Å². The number of phenols is 1. The fourth-order valence-corrected chi connectivity index (χ4v) is 0.977. The summed E-state index contributed by atoms with van der Waals surface area (Å²) >= 11 is 0. The summed E-state index contributed by atoms with van der Waals surface area (Å²) in [6.45, 7) is 0.101. The van der Waals surface area contributed by atoms with Crippen molar-refractivity contribution in [1.82, 2.24) is 0 Å². The van der Waals surface area contributed by atoms with Crippen LogP contribution in [0.4, 0.5) is 5.69 Å². The third kappa shape index (κ3) is 2.22. The minimum Gasteiger partial charge on any atom is -0.507 e. The fraction of sp³-hybridized carbons (Fsp3) is 0.111. The predicted octanol–water partition coefficient (Wildman–Crippen LogP) is 0.701. The number of benzene rings is 1. The molecule has 0 heterocycles. The topological polar surface area (TPSA) is 86.6 Å². The third-order valence-electron chi connectivity index (χ3n) is 1.62. The zero-order valence-electron chi connectivity index (χ0n) is 7.23. The molecular weight excluding hydrogens is 186 g/mol. The molecule has 0 aliphatic carbocycles. The number of rotatable bonds is 4. The molecule has 0 amide bonds. The van der Waals surface area contributed by atoms with Crippen LogP contribution in [-0.4, -0.2) is 29.0 Å². The number of carboxylic acid groups (broad SMARTS) is 1. The molecule has 0 atom stereocenters. The van der Waals surface area contributed by atoms with Crippen molar-refractivity contribution in [2.75, 3.05) is 11.9 Å². The Balaban J connectivity index is 2.94. The Hall–Kier alpha value is -2.04. The number of carbonyl (C=O) groups excluding carboxylic acids is 1. The van der Waals surface area contributed by atoms with Crippen LogP contribution in [0.2, 0.25) is 0 Å². The Labute approximate surface area is 80.0 Å². The summed E-state index contributed by atoms with van der Waals surface area (Å²) in [7, 11) is 0. The van der Waals surface area contributed by atoms with Crippen molar-refractivity contribution in [3.63, 3.8) is 0 Å². The van der Waals surface area contributed by atoms with Crippen LogP contribution < -0.4 is 5.32 Å². The largest absolute Gasteiger partial charge is 0.507 e. The van der Waals surface area contributed by atoms with Crippen LogP contribution in [-0.2, 0) is 4.79 Å². The molecular formula is C9H9NO4. The highest BCUT2D eigenvalue weighted by molar-refractivity contribution is 5.92. The van der Waals surface area contributed by atoms with E-state index in [1.165, 1.54) is 18.2 Å². The summed E-state index contributed by atoms with van der Waals surface area (Å²) in [5, 5.41) is 20.5. The van der Waals surface area contributed by atoms with E-state index < -0.39 is 5.97 Å². The summed E-state index contributed by atoms with van der Waals surface area (Å²) in [5.41, 5.74) is 0.285. The molecule has 5 heteroatoms. The van der Waals surface area contributed by atoms with Crippen molar-refractivity contribution in [1.29, 1.82) is 0 Å². The zero-order chi connectivity index (χ0) is 10.6. The lowest BCUT2D eigenvalue weighted by atomic mass is 10.2. The van der Waals surface area contributed by atoms with E-state index in [1.54, 1.807) is 0 Å². The lowest BCUT2D eigenvalue weighted by molar-refractivity contribution is -0.106. The van der Waals surface area contributed by atoms with Crippen molar-refractivity contribution in [2.45, 2.75) is 0 Å². The smallest absolute Gasteiger partial charge is 0.339 e. The first-order chi connectivity index (χ1) is 6.65. The lowest BCUT2D eigenvalue weighted by Gasteiger charge is -2.04. The number of hydrogen-bond donors (Lipinski definition) is 3.